The summed E-state index contributed by atoms with van der Waals surface area (Å²) in [5, 5.41) is 1.17. The van der Waals surface area contributed by atoms with Crippen LogP contribution in [0.5, 0.6) is 0 Å². The lowest BCUT2D eigenvalue weighted by atomic mass is 10.2. The van der Waals surface area contributed by atoms with Crippen LogP contribution >= 0.6 is 11.6 Å². The molecule has 120 valence electrons. The Hall–Kier alpha value is -1.37. The first-order chi connectivity index (χ1) is 10.3. The van der Waals surface area contributed by atoms with Crippen LogP contribution in [0.15, 0.2) is 18.3 Å². The number of fused-ring (bicyclic) bond motifs is 1. The summed E-state index contributed by atoms with van der Waals surface area (Å²) in [5.74, 6) is -0.402. The number of nitrogens with zero attached hydrogens (tertiary/aromatic N) is 2. The highest BCUT2D eigenvalue weighted by molar-refractivity contribution is 6.76. The van der Waals surface area contributed by atoms with E-state index in [1.54, 1.807) is 22.9 Å². The highest BCUT2D eigenvalue weighted by Crippen LogP contribution is 2.25. The molecular weight excluding hydrogens is 320 g/mol. The van der Waals surface area contributed by atoms with Crippen molar-refractivity contribution in [3.63, 3.8) is 0 Å². The molecule has 0 aliphatic heterocycles. The van der Waals surface area contributed by atoms with E-state index in [9.17, 15) is 4.79 Å². The van der Waals surface area contributed by atoms with Gasteiger partial charge in [-0.05, 0) is 18.2 Å². The van der Waals surface area contributed by atoms with Gasteiger partial charge in [0.1, 0.15) is 17.5 Å². The summed E-state index contributed by atoms with van der Waals surface area (Å²) >= 11 is 6.26. The van der Waals surface area contributed by atoms with Crippen molar-refractivity contribution in [2.45, 2.75) is 32.4 Å². The van der Waals surface area contributed by atoms with E-state index in [4.69, 9.17) is 21.1 Å². The van der Waals surface area contributed by atoms with Crippen molar-refractivity contribution in [1.82, 2.24) is 9.55 Å². The molecule has 0 spiro atoms. The van der Waals surface area contributed by atoms with Gasteiger partial charge in [0.25, 0.3) is 0 Å². The fraction of sp³-hybridized carbons (Fsp3) is 0.467. The van der Waals surface area contributed by atoms with E-state index in [1.807, 2.05) is 0 Å². The van der Waals surface area contributed by atoms with Gasteiger partial charge in [0, 0.05) is 26.3 Å². The lowest BCUT2D eigenvalue weighted by Crippen LogP contribution is -2.22. The molecule has 5 nitrogen and oxygen atoms in total. The number of esters is 1. The average molecular weight is 341 g/mol. The molecule has 0 radical (unpaired) electrons. The maximum absolute atomic E-state index is 11.8. The van der Waals surface area contributed by atoms with Gasteiger partial charge in [0.2, 0.25) is 0 Å². The molecule has 0 aliphatic carbocycles. The Morgan fingerprint density at radius 1 is 1.41 bits per heavy atom. The second kappa shape index (κ2) is 6.81. The van der Waals surface area contributed by atoms with Gasteiger partial charge in [-0.2, -0.15) is 0 Å². The van der Waals surface area contributed by atoms with E-state index in [-0.39, 0.29) is 0 Å². The number of pyridine rings is 1. The molecule has 7 heteroatoms. The number of ether oxygens (including phenoxy) is 2. The molecule has 0 aromatic carbocycles. The summed E-state index contributed by atoms with van der Waals surface area (Å²) in [6, 6.07) is 4.43. The number of hydrogen-bond donors (Lipinski definition) is 0. The SMILES string of the molecule is COC(=O)c1ccnc2c1cc(Cl)n2COCC[Si](C)(C)C. The van der Waals surface area contributed by atoms with Gasteiger partial charge in [-0.3, -0.25) is 4.57 Å². The predicted molar refractivity (Wildman–Crippen MR) is 90.2 cm³/mol. The van der Waals surface area contributed by atoms with Gasteiger partial charge in [0.05, 0.1) is 12.7 Å². The van der Waals surface area contributed by atoms with Crippen LogP contribution in [-0.4, -0.2) is 37.3 Å². The molecule has 2 heterocycles. The predicted octanol–water partition coefficient (Wildman–Crippen LogP) is 3.79. The number of halogens is 1. The van der Waals surface area contributed by atoms with Crippen molar-refractivity contribution in [2.75, 3.05) is 13.7 Å². The Bertz CT molecular complexity index is 679. The number of aromatic nitrogens is 2. The Morgan fingerprint density at radius 2 is 2.14 bits per heavy atom. The van der Waals surface area contributed by atoms with Gasteiger partial charge >= 0.3 is 5.97 Å². The number of hydrogen-bond acceptors (Lipinski definition) is 4. The minimum atomic E-state index is -1.12. The average Bonchev–Trinajstić information content (AvgIpc) is 2.77. The summed E-state index contributed by atoms with van der Waals surface area (Å²) in [6.07, 6.45) is 1.57. The fourth-order valence-electron chi connectivity index (χ4n) is 2.06. The summed E-state index contributed by atoms with van der Waals surface area (Å²) in [6.45, 7) is 7.93. The first-order valence-corrected chi connectivity index (χ1v) is 11.2. The third-order valence-corrected chi connectivity index (χ3v) is 5.39. The number of carbonyl (C=O) groups is 1. The second-order valence-electron chi connectivity index (χ2n) is 6.33. The van der Waals surface area contributed by atoms with Gasteiger partial charge in [-0.15, -0.1) is 0 Å². The van der Waals surface area contributed by atoms with Gasteiger partial charge in [-0.25, -0.2) is 9.78 Å². The molecule has 0 saturated carbocycles. The van der Waals surface area contributed by atoms with Crippen molar-refractivity contribution >= 4 is 36.7 Å². The molecule has 0 atom stereocenters. The van der Waals surface area contributed by atoms with Crippen molar-refractivity contribution in [2.24, 2.45) is 0 Å². The third kappa shape index (κ3) is 3.88. The summed E-state index contributed by atoms with van der Waals surface area (Å²) in [5.41, 5.74) is 1.08. The molecule has 0 amide bonds. The smallest absolute Gasteiger partial charge is 0.338 e. The van der Waals surface area contributed by atoms with Crippen LogP contribution < -0.4 is 0 Å². The number of rotatable bonds is 6. The van der Waals surface area contributed by atoms with Crippen molar-refractivity contribution in [3.8, 4) is 0 Å². The van der Waals surface area contributed by atoms with E-state index in [2.05, 4.69) is 24.6 Å². The molecule has 2 rings (SSSR count). The lowest BCUT2D eigenvalue weighted by Gasteiger charge is -2.16. The van der Waals surface area contributed by atoms with E-state index in [1.165, 1.54) is 7.11 Å². The zero-order chi connectivity index (χ0) is 16.3. The second-order valence-corrected chi connectivity index (χ2v) is 12.3. The highest BCUT2D eigenvalue weighted by Gasteiger charge is 2.17. The molecule has 0 fully saturated rings. The van der Waals surface area contributed by atoms with Crippen LogP contribution in [0.2, 0.25) is 30.8 Å². The molecule has 2 aromatic rings. The molecule has 0 unspecified atom stereocenters. The molecular formula is C15H21ClN2O3Si. The summed E-state index contributed by atoms with van der Waals surface area (Å²) < 4.78 is 12.3. The van der Waals surface area contributed by atoms with E-state index >= 15 is 0 Å². The highest BCUT2D eigenvalue weighted by atomic mass is 35.5. The molecule has 2 aromatic heterocycles. The lowest BCUT2D eigenvalue weighted by molar-refractivity contribution is 0.0602. The Balaban J connectivity index is 2.20. The standard InChI is InChI=1S/C15H21ClN2O3Si/c1-20-15(19)11-5-6-17-14-12(11)9-13(16)18(14)10-21-7-8-22(2,3)4/h5-6,9H,7-8,10H2,1-4H3. The van der Waals surface area contributed by atoms with Crippen molar-refractivity contribution in [1.29, 1.82) is 0 Å². The van der Waals surface area contributed by atoms with Crippen LogP contribution in [0, 0.1) is 0 Å². The van der Waals surface area contributed by atoms with Crippen LogP contribution in [0.4, 0.5) is 0 Å². The zero-order valence-electron chi connectivity index (χ0n) is 13.4. The largest absolute Gasteiger partial charge is 0.465 e. The Kier molecular flexibility index (Phi) is 5.26. The first-order valence-electron chi connectivity index (χ1n) is 7.13. The first kappa shape index (κ1) is 17.0. The quantitative estimate of drug-likeness (QED) is 0.456. The Morgan fingerprint density at radius 3 is 2.77 bits per heavy atom. The fourth-order valence-corrected chi connectivity index (χ4v) is 3.06. The van der Waals surface area contributed by atoms with Crippen molar-refractivity contribution < 1.29 is 14.3 Å². The monoisotopic (exact) mass is 340 g/mol. The van der Waals surface area contributed by atoms with Crippen LogP contribution in [-0.2, 0) is 16.2 Å². The van der Waals surface area contributed by atoms with E-state index in [0.717, 1.165) is 6.04 Å². The minimum Gasteiger partial charge on any atom is -0.465 e. The van der Waals surface area contributed by atoms with Crippen LogP contribution in [0.3, 0.4) is 0 Å². The molecule has 22 heavy (non-hydrogen) atoms. The molecule has 0 bridgehead atoms. The summed E-state index contributed by atoms with van der Waals surface area (Å²) in [7, 11) is 0.234. The number of carbonyl (C=O) groups excluding carboxylic acids is 1. The Labute approximate surface area is 136 Å². The van der Waals surface area contributed by atoms with Gasteiger partial charge < -0.3 is 9.47 Å². The molecule has 0 saturated heterocycles. The zero-order valence-corrected chi connectivity index (χ0v) is 15.1. The van der Waals surface area contributed by atoms with Crippen LogP contribution in [0.1, 0.15) is 10.4 Å². The topological polar surface area (TPSA) is 53.3 Å². The number of methoxy groups -OCH3 is 1. The normalized spacial score (nSPS) is 11.9. The third-order valence-electron chi connectivity index (χ3n) is 3.37. The van der Waals surface area contributed by atoms with E-state index in [0.29, 0.717) is 35.1 Å². The summed E-state index contributed by atoms with van der Waals surface area (Å²) in [4.78, 5) is 16.1. The van der Waals surface area contributed by atoms with Crippen LogP contribution in [0.25, 0.3) is 11.0 Å². The molecule has 0 N–H and O–H groups in total. The molecule has 0 aliphatic rings. The van der Waals surface area contributed by atoms with Crippen molar-refractivity contribution in [3.05, 3.63) is 29.0 Å². The maximum Gasteiger partial charge on any atom is 0.338 e. The maximum atomic E-state index is 11.8. The van der Waals surface area contributed by atoms with Gasteiger partial charge in [-0.1, -0.05) is 31.2 Å². The van der Waals surface area contributed by atoms with Gasteiger partial charge in [0.15, 0.2) is 0 Å². The van der Waals surface area contributed by atoms with E-state index < -0.39 is 14.0 Å². The minimum absolute atomic E-state index is 0.324.